The molecule has 0 saturated heterocycles. The predicted molar refractivity (Wildman–Crippen MR) is 149 cm³/mol. The zero-order valence-electron chi connectivity index (χ0n) is 22.3. The van der Waals surface area contributed by atoms with Crippen molar-refractivity contribution >= 4 is 11.8 Å². The summed E-state index contributed by atoms with van der Waals surface area (Å²) >= 11 is 0. The molecule has 6 nitrogen and oxygen atoms in total. The molecule has 0 unspecified atom stereocenters. The Morgan fingerprint density at radius 1 is 0.865 bits per heavy atom. The maximum atomic E-state index is 13.0. The van der Waals surface area contributed by atoms with Gasteiger partial charge in [0.15, 0.2) is 0 Å². The van der Waals surface area contributed by atoms with E-state index in [4.69, 9.17) is 4.74 Å². The van der Waals surface area contributed by atoms with Gasteiger partial charge in [-0.3, -0.25) is 9.59 Å². The Bertz CT molecular complexity index is 1130. The molecule has 3 aromatic rings. The number of carbonyl (C=O) groups excluding carboxylic acids is 2. The van der Waals surface area contributed by atoms with Crippen molar-refractivity contribution in [2.75, 3.05) is 13.6 Å². The lowest BCUT2D eigenvalue weighted by Crippen LogP contribution is -2.51. The Balaban J connectivity index is 1.49. The molecule has 0 aliphatic heterocycles. The molecular weight excluding hydrogens is 462 g/mol. The Kier molecular flexibility index (Phi) is 10.7. The smallest absolute Gasteiger partial charge is 0.242 e. The van der Waals surface area contributed by atoms with Gasteiger partial charge in [0.05, 0.1) is 6.04 Å². The van der Waals surface area contributed by atoms with E-state index in [-0.39, 0.29) is 11.8 Å². The van der Waals surface area contributed by atoms with Crippen LogP contribution in [0.1, 0.15) is 41.2 Å². The van der Waals surface area contributed by atoms with Gasteiger partial charge in [-0.2, -0.15) is 0 Å². The molecule has 6 heteroatoms. The molecule has 2 atom stereocenters. The van der Waals surface area contributed by atoms with Crippen LogP contribution in [0.5, 0.6) is 5.75 Å². The van der Waals surface area contributed by atoms with Crippen LogP contribution in [0.2, 0.25) is 0 Å². The quantitative estimate of drug-likeness (QED) is 0.306. The molecule has 0 saturated carbocycles. The Morgan fingerprint density at radius 3 is 2.05 bits per heavy atom. The van der Waals surface area contributed by atoms with Crippen molar-refractivity contribution in [3.63, 3.8) is 0 Å². The first kappa shape index (κ1) is 27.9. The zero-order chi connectivity index (χ0) is 26.6. The number of benzene rings is 3. The third-order valence-corrected chi connectivity index (χ3v) is 6.53. The van der Waals surface area contributed by atoms with Crippen LogP contribution in [-0.2, 0) is 29.0 Å². The van der Waals surface area contributed by atoms with Gasteiger partial charge in [0.2, 0.25) is 11.8 Å². The van der Waals surface area contributed by atoms with E-state index in [1.54, 1.807) is 14.0 Å². The van der Waals surface area contributed by atoms with E-state index in [1.165, 1.54) is 5.56 Å². The van der Waals surface area contributed by atoms with Gasteiger partial charge in [-0.25, -0.2) is 0 Å². The van der Waals surface area contributed by atoms with Gasteiger partial charge in [-0.05, 0) is 87.0 Å². The number of aryl methyl sites for hydroxylation is 3. The molecule has 3 rings (SSSR count). The summed E-state index contributed by atoms with van der Waals surface area (Å²) in [4.78, 5) is 25.5. The standard InChI is InChI=1S/C31H39N3O3/c1-22-18-27(37-21-26-14-9-6-10-15-26)19-23(2)28(22)20-29(32-4)31(36)34-24(3)30(35)33-17-11-16-25-12-7-5-8-13-25/h5-10,12-15,18-19,24,29,32H,11,16-17,20-21H2,1-4H3,(H,33,35)(H,34,36)/t24-,29+/m1/s1. The summed E-state index contributed by atoms with van der Waals surface area (Å²) in [6, 6.07) is 23.2. The normalized spacial score (nSPS) is 12.4. The maximum absolute atomic E-state index is 13.0. The molecule has 0 aliphatic carbocycles. The molecular formula is C31H39N3O3. The highest BCUT2D eigenvalue weighted by Gasteiger charge is 2.23. The van der Waals surface area contributed by atoms with Crippen LogP contribution < -0.4 is 20.7 Å². The summed E-state index contributed by atoms with van der Waals surface area (Å²) in [6.07, 6.45) is 2.27. The van der Waals surface area contributed by atoms with Gasteiger partial charge in [0, 0.05) is 6.54 Å². The minimum atomic E-state index is -0.615. The number of carbonyl (C=O) groups is 2. The molecule has 3 aromatic carbocycles. The van der Waals surface area contributed by atoms with E-state index < -0.39 is 12.1 Å². The predicted octanol–water partition coefficient (Wildman–Crippen LogP) is 4.27. The summed E-state index contributed by atoms with van der Waals surface area (Å²) in [5.41, 5.74) is 5.60. The molecule has 0 bridgehead atoms. The number of hydrogen-bond donors (Lipinski definition) is 3. The molecule has 0 aromatic heterocycles. The minimum Gasteiger partial charge on any atom is -0.489 e. The van der Waals surface area contributed by atoms with Crippen LogP contribution >= 0.6 is 0 Å². The van der Waals surface area contributed by atoms with E-state index in [9.17, 15) is 9.59 Å². The van der Waals surface area contributed by atoms with Crippen LogP contribution in [0, 0.1) is 13.8 Å². The van der Waals surface area contributed by atoms with Crippen LogP contribution in [-0.4, -0.2) is 37.5 Å². The van der Waals surface area contributed by atoms with Gasteiger partial charge in [-0.15, -0.1) is 0 Å². The van der Waals surface area contributed by atoms with Gasteiger partial charge in [0.1, 0.15) is 18.4 Å². The van der Waals surface area contributed by atoms with E-state index in [0.29, 0.717) is 19.6 Å². The molecule has 0 spiro atoms. The summed E-state index contributed by atoms with van der Waals surface area (Å²) in [7, 11) is 1.76. The molecule has 196 valence electrons. The highest BCUT2D eigenvalue weighted by molar-refractivity contribution is 5.89. The number of ether oxygens (including phenoxy) is 1. The molecule has 0 radical (unpaired) electrons. The fourth-order valence-electron chi connectivity index (χ4n) is 4.31. The first-order valence-electron chi connectivity index (χ1n) is 12.9. The third-order valence-electron chi connectivity index (χ3n) is 6.53. The Hall–Kier alpha value is -3.64. The Labute approximate surface area is 220 Å². The molecule has 2 amide bonds. The average Bonchev–Trinajstić information content (AvgIpc) is 2.90. The van der Waals surface area contributed by atoms with E-state index in [0.717, 1.165) is 40.8 Å². The van der Waals surface area contributed by atoms with Crippen molar-refractivity contribution < 1.29 is 14.3 Å². The summed E-state index contributed by atoms with van der Waals surface area (Å²) < 4.78 is 5.99. The van der Waals surface area contributed by atoms with Crippen LogP contribution in [0.25, 0.3) is 0 Å². The first-order valence-corrected chi connectivity index (χ1v) is 12.9. The second-order valence-electron chi connectivity index (χ2n) is 9.47. The summed E-state index contributed by atoms with van der Waals surface area (Å²) in [5, 5.41) is 8.89. The van der Waals surface area contributed by atoms with Crippen molar-refractivity contribution in [1.29, 1.82) is 0 Å². The lowest BCUT2D eigenvalue weighted by molar-refractivity contribution is -0.129. The number of rotatable bonds is 13. The van der Waals surface area contributed by atoms with E-state index >= 15 is 0 Å². The van der Waals surface area contributed by atoms with Crippen molar-refractivity contribution in [2.24, 2.45) is 0 Å². The van der Waals surface area contributed by atoms with Crippen molar-refractivity contribution in [2.45, 2.75) is 58.7 Å². The monoisotopic (exact) mass is 501 g/mol. The maximum Gasteiger partial charge on any atom is 0.242 e. The molecule has 3 N–H and O–H groups in total. The lowest BCUT2D eigenvalue weighted by Gasteiger charge is -2.22. The molecule has 37 heavy (non-hydrogen) atoms. The fourth-order valence-corrected chi connectivity index (χ4v) is 4.31. The molecule has 0 aliphatic rings. The first-order chi connectivity index (χ1) is 17.9. The van der Waals surface area contributed by atoms with Crippen LogP contribution in [0.4, 0.5) is 0 Å². The summed E-state index contributed by atoms with van der Waals surface area (Å²) in [5.74, 6) is 0.437. The second kappa shape index (κ2) is 14.2. The average molecular weight is 502 g/mol. The fraction of sp³-hybridized carbons (Fsp3) is 0.355. The van der Waals surface area contributed by atoms with Gasteiger partial charge in [-0.1, -0.05) is 60.7 Å². The highest BCUT2D eigenvalue weighted by atomic mass is 16.5. The third kappa shape index (κ3) is 8.76. The molecule has 0 heterocycles. The van der Waals surface area contributed by atoms with Crippen molar-refractivity contribution in [3.8, 4) is 5.75 Å². The van der Waals surface area contributed by atoms with Gasteiger partial charge >= 0.3 is 0 Å². The van der Waals surface area contributed by atoms with Gasteiger partial charge < -0.3 is 20.7 Å². The summed E-state index contributed by atoms with van der Waals surface area (Å²) in [6.45, 7) is 6.86. The van der Waals surface area contributed by atoms with E-state index in [1.807, 2.05) is 74.5 Å². The van der Waals surface area contributed by atoms with Crippen molar-refractivity contribution in [3.05, 3.63) is 101 Å². The minimum absolute atomic E-state index is 0.177. The number of likely N-dealkylation sites (N-methyl/N-ethyl adjacent to an activating group) is 1. The van der Waals surface area contributed by atoms with Crippen LogP contribution in [0.3, 0.4) is 0 Å². The Morgan fingerprint density at radius 2 is 1.46 bits per heavy atom. The number of amides is 2. The van der Waals surface area contributed by atoms with Crippen molar-refractivity contribution in [1.82, 2.24) is 16.0 Å². The number of hydrogen-bond acceptors (Lipinski definition) is 4. The van der Waals surface area contributed by atoms with Crippen LogP contribution in [0.15, 0.2) is 72.8 Å². The highest BCUT2D eigenvalue weighted by Crippen LogP contribution is 2.24. The van der Waals surface area contributed by atoms with Gasteiger partial charge in [0.25, 0.3) is 0 Å². The topological polar surface area (TPSA) is 79.5 Å². The van der Waals surface area contributed by atoms with E-state index in [2.05, 4.69) is 28.1 Å². The number of nitrogens with one attached hydrogen (secondary N) is 3. The SMILES string of the molecule is CN[C@@H](Cc1c(C)cc(OCc2ccccc2)cc1C)C(=O)N[C@H](C)C(=O)NCCCc1ccccc1. The zero-order valence-corrected chi connectivity index (χ0v) is 22.3. The second-order valence-corrected chi connectivity index (χ2v) is 9.47. The lowest BCUT2D eigenvalue weighted by atomic mass is 9.95. The molecule has 0 fully saturated rings. The largest absolute Gasteiger partial charge is 0.489 e.